The lowest BCUT2D eigenvalue weighted by Crippen LogP contribution is -2.33. The molecule has 3 heteroatoms. The van der Waals surface area contributed by atoms with Gasteiger partial charge in [0.1, 0.15) is 16.9 Å². The summed E-state index contributed by atoms with van der Waals surface area (Å²) in [5.41, 5.74) is 1.22. The first-order valence-corrected chi connectivity index (χ1v) is 6.86. The fourth-order valence-electron chi connectivity index (χ4n) is 2.94. The van der Waals surface area contributed by atoms with Crippen LogP contribution in [0.2, 0.25) is 0 Å². The van der Waals surface area contributed by atoms with Crippen molar-refractivity contribution in [3.63, 3.8) is 0 Å². The molecule has 102 valence electrons. The number of hydrogen-bond acceptors (Lipinski definition) is 3. The smallest absolute Gasteiger partial charge is 0.136 e. The van der Waals surface area contributed by atoms with Gasteiger partial charge < -0.3 is 14.3 Å². The predicted octanol–water partition coefficient (Wildman–Crippen LogP) is 3.52. The van der Waals surface area contributed by atoms with E-state index in [1.54, 1.807) is 7.11 Å². The molecular formula is C16H20O3. The summed E-state index contributed by atoms with van der Waals surface area (Å²) >= 11 is 0. The molecule has 0 spiro atoms. The minimum atomic E-state index is -0.831. The van der Waals surface area contributed by atoms with Crippen LogP contribution in [-0.4, -0.2) is 18.3 Å². The van der Waals surface area contributed by atoms with E-state index in [-0.39, 0.29) is 6.10 Å². The molecule has 19 heavy (non-hydrogen) atoms. The van der Waals surface area contributed by atoms with Crippen molar-refractivity contribution in [2.24, 2.45) is 0 Å². The molecule has 1 aromatic heterocycles. The number of methoxy groups -OCH3 is 1. The molecule has 0 unspecified atom stereocenters. The van der Waals surface area contributed by atoms with Crippen LogP contribution in [0.1, 0.15) is 37.0 Å². The van der Waals surface area contributed by atoms with Gasteiger partial charge >= 0.3 is 0 Å². The highest BCUT2D eigenvalue weighted by atomic mass is 16.5. The van der Waals surface area contributed by atoms with Gasteiger partial charge in [0.05, 0.1) is 6.10 Å². The lowest BCUT2D eigenvalue weighted by atomic mass is 9.81. The maximum absolute atomic E-state index is 10.8. The molecule has 3 nitrogen and oxygen atoms in total. The zero-order chi connectivity index (χ0) is 13.5. The summed E-state index contributed by atoms with van der Waals surface area (Å²) in [4.78, 5) is 0. The highest BCUT2D eigenvalue weighted by molar-refractivity contribution is 5.78. The molecule has 1 aliphatic rings. The third kappa shape index (κ3) is 2.28. The lowest BCUT2D eigenvalue weighted by molar-refractivity contribution is -0.0592. The average Bonchev–Trinajstić information content (AvgIpc) is 2.83. The molecule has 0 amide bonds. The molecule has 1 saturated carbocycles. The van der Waals surface area contributed by atoms with Crippen molar-refractivity contribution in [3.05, 3.63) is 35.6 Å². The van der Waals surface area contributed by atoms with E-state index in [4.69, 9.17) is 9.15 Å². The van der Waals surface area contributed by atoms with E-state index < -0.39 is 5.60 Å². The van der Waals surface area contributed by atoms with E-state index in [0.29, 0.717) is 18.6 Å². The Morgan fingerprint density at radius 1 is 1.26 bits per heavy atom. The van der Waals surface area contributed by atoms with Crippen LogP contribution in [0.4, 0.5) is 0 Å². The number of benzene rings is 1. The van der Waals surface area contributed by atoms with E-state index >= 15 is 0 Å². The fourth-order valence-corrected chi connectivity index (χ4v) is 2.94. The molecule has 0 radical (unpaired) electrons. The summed E-state index contributed by atoms with van der Waals surface area (Å²) in [5, 5.41) is 11.8. The van der Waals surface area contributed by atoms with Crippen molar-refractivity contribution < 1.29 is 14.3 Å². The van der Waals surface area contributed by atoms with Crippen molar-refractivity contribution in [3.8, 4) is 0 Å². The second-order valence-corrected chi connectivity index (χ2v) is 5.62. The highest BCUT2D eigenvalue weighted by Crippen LogP contribution is 2.40. The number of aryl methyl sites for hydroxylation is 1. The summed E-state index contributed by atoms with van der Waals surface area (Å²) in [5.74, 6) is 0.697. The Morgan fingerprint density at radius 2 is 2.00 bits per heavy atom. The van der Waals surface area contributed by atoms with Crippen LogP contribution in [0.15, 0.2) is 28.7 Å². The van der Waals surface area contributed by atoms with Crippen LogP contribution < -0.4 is 0 Å². The molecule has 0 aliphatic heterocycles. The number of rotatable bonds is 2. The SMILES string of the molecule is COC1CCC(O)(c2cc3cc(C)ccc3o2)CC1. The van der Waals surface area contributed by atoms with Crippen molar-refractivity contribution in [1.29, 1.82) is 0 Å². The first-order chi connectivity index (χ1) is 9.10. The maximum Gasteiger partial charge on any atom is 0.136 e. The molecule has 1 heterocycles. The standard InChI is InChI=1S/C16H20O3/c1-11-3-4-14-12(9-11)10-15(19-14)16(17)7-5-13(18-2)6-8-16/h3-4,9-10,13,17H,5-8H2,1-2H3. The van der Waals surface area contributed by atoms with Gasteiger partial charge in [0, 0.05) is 12.5 Å². The van der Waals surface area contributed by atoms with Gasteiger partial charge in [-0.1, -0.05) is 11.6 Å². The van der Waals surface area contributed by atoms with Crippen molar-refractivity contribution in [1.82, 2.24) is 0 Å². The molecule has 0 atom stereocenters. The molecule has 0 bridgehead atoms. The van der Waals surface area contributed by atoms with Gasteiger partial charge in [-0.25, -0.2) is 0 Å². The molecule has 1 aromatic carbocycles. The first-order valence-electron chi connectivity index (χ1n) is 6.86. The van der Waals surface area contributed by atoms with Gasteiger partial charge in [0.15, 0.2) is 0 Å². The first kappa shape index (κ1) is 12.7. The van der Waals surface area contributed by atoms with E-state index in [1.165, 1.54) is 5.56 Å². The topological polar surface area (TPSA) is 42.6 Å². The van der Waals surface area contributed by atoms with Gasteiger partial charge in [-0.2, -0.15) is 0 Å². The summed E-state index contributed by atoms with van der Waals surface area (Å²) in [6, 6.07) is 8.07. The van der Waals surface area contributed by atoms with Gasteiger partial charge in [-0.3, -0.25) is 0 Å². The number of ether oxygens (including phenoxy) is 1. The normalized spacial score (nSPS) is 27.8. The van der Waals surface area contributed by atoms with Crippen LogP contribution in [0.3, 0.4) is 0 Å². The van der Waals surface area contributed by atoms with E-state index in [1.807, 2.05) is 18.2 Å². The van der Waals surface area contributed by atoms with Gasteiger partial charge in [0.2, 0.25) is 0 Å². The minimum Gasteiger partial charge on any atom is -0.458 e. The molecule has 1 fully saturated rings. The summed E-state index contributed by atoms with van der Waals surface area (Å²) in [6.45, 7) is 2.06. The maximum atomic E-state index is 10.8. The largest absolute Gasteiger partial charge is 0.458 e. The third-order valence-corrected chi connectivity index (χ3v) is 4.22. The third-order valence-electron chi connectivity index (χ3n) is 4.22. The van der Waals surface area contributed by atoms with Crippen LogP contribution in [0.5, 0.6) is 0 Å². The van der Waals surface area contributed by atoms with Gasteiger partial charge in [-0.15, -0.1) is 0 Å². The number of aliphatic hydroxyl groups is 1. The van der Waals surface area contributed by atoms with Crippen molar-refractivity contribution >= 4 is 11.0 Å². The molecule has 3 rings (SSSR count). The van der Waals surface area contributed by atoms with Crippen LogP contribution in [-0.2, 0) is 10.3 Å². The average molecular weight is 260 g/mol. The summed E-state index contributed by atoms with van der Waals surface area (Å²) in [7, 11) is 1.74. The molecular weight excluding hydrogens is 240 g/mol. The van der Waals surface area contributed by atoms with Crippen molar-refractivity contribution in [2.75, 3.05) is 7.11 Å². The quantitative estimate of drug-likeness (QED) is 0.898. The Labute approximate surface area is 113 Å². The van der Waals surface area contributed by atoms with E-state index in [0.717, 1.165) is 23.8 Å². The van der Waals surface area contributed by atoms with Crippen LogP contribution >= 0.6 is 0 Å². The Bertz CT molecular complexity index is 577. The monoisotopic (exact) mass is 260 g/mol. The van der Waals surface area contributed by atoms with E-state index in [2.05, 4.69) is 13.0 Å². The number of hydrogen-bond donors (Lipinski definition) is 1. The van der Waals surface area contributed by atoms with Crippen LogP contribution in [0.25, 0.3) is 11.0 Å². The minimum absolute atomic E-state index is 0.270. The molecule has 2 aromatic rings. The fraction of sp³-hybridized carbons (Fsp3) is 0.500. The van der Waals surface area contributed by atoms with Crippen LogP contribution in [0, 0.1) is 6.92 Å². The number of fused-ring (bicyclic) bond motifs is 1. The molecule has 1 aliphatic carbocycles. The lowest BCUT2D eigenvalue weighted by Gasteiger charge is -2.33. The second-order valence-electron chi connectivity index (χ2n) is 5.62. The zero-order valence-corrected chi connectivity index (χ0v) is 11.5. The Balaban J connectivity index is 1.91. The van der Waals surface area contributed by atoms with Gasteiger partial charge in [0.25, 0.3) is 0 Å². The Hall–Kier alpha value is -1.32. The molecule has 0 saturated heterocycles. The Kier molecular flexibility index (Phi) is 3.11. The zero-order valence-electron chi connectivity index (χ0n) is 11.5. The van der Waals surface area contributed by atoms with Gasteiger partial charge in [-0.05, 0) is 50.8 Å². The Morgan fingerprint density at radius 3 is 2.68 bits per heavy atom. The second kappa shape index (κ2) is 4.66. The summed E-state index contributed by atoms with van der Waals surface area (Å²) < 4.78 is 11.2. The highest BCUT2D eigenvalue weighted by Gasteiger charge is 2.37. The summed E-state index contributed by atoms with van der Waals surface area (Å²) in [6.07, 6.45) is 3.42. The van der Waals surface area contributed by atoms with E-state index in [9.17, 15) is 5.11 Å². The predicted molar refractivity (Wildman–Crippen MR) is 74.1 cm³/mol. The van der Waals surface area contributed by atoms with Crippen molar-refractivity contribution in [2.45, 2.75) is 44.3 Å². The molecule has 1 N–H and O–H groups in total. The number of furan rings is 1.